The van der Waals surface area contributed by atoms with Crippen LogP contribution in [0.2, 0.25) is 0 Å². The van der Waals surface area contributed by atoms with Crippen molar-refractivity contribution >= 4 is 11.4 Å². The molecular formula is C9H8N2O2. The van der Waals surface area contributed by atoms with E-state index in [0.29, 0.717) is 11.4 Å². The molecule has 0 amide bonds. The summed E-state index contributed by atoms with van der Waals surface area (Å²) in [6, 6.07) is 9.48. The van der Waals surface area contributed by atoms with Crippen LogP contribution in [0, 0.1) is 0 Å². The average Bonchev–Trinajstić information content (AvgIpc) is 2.67. The first-order chi connectivity index (χ1) is 6.42. The summed E-state index contributed by atoms with van der Waals surface area (Å²) in [5.41, 5.74) is 1.96. The molecule has 0 radical (unpaired) electrons. The van der Waals surface area contributed by atoms with Gasteiger partial charge >= 0.3 is 0 Å². The summed E-state index contributed by atoms with van der Waals surface area (Å²) >= 11 is 0. The van der Waals surface area contributed by atoms with Crippen LogP contribution in [0.3, 0.4) is 0 Å². The van der Waals surface area contributed by atoms with Crippen molar-refractivity contribution in [2.75, 3.05) is 6.61 Å². The molecule has 1 aromatic rings. The van der Waals surface area contributed by atoms with Crippen molar-refractivity contribution in [3.63, 3.8) is 0 Å². The molecule has 1 aliphatic rings. The lowest BCUT2D eigenvalue weighted by Gasteiger charge is -1.96. The Morgan fingerprint density at radius 2 is 2.08 bits per heavy atom. The minimum absolute atomic E-state index is 0.237. The highest BCUT2D eigenvalue weighted by Crippen LogP contribution is 2.08. The van der Waals surface area contributed by atoms with E-state index in [1.54, 1.807) is 0 Å². The molecule has 2 rings (SSSR count). The monoisotopic (exact) mass is 176 g/mol. The zero-order valence-corrected chi connectivity index (χ0v) is 6.84. The normalized spacial score (nSPS) is 18.5. The SMILES string of the molecule is O/N=C1\CON=C1c1ccccc1. The Labute approximate surface area is 75.1 Å². The molecule has 4 heteroatoms. The van der Waals surface area contributed by atoms with Crippen LogP contribution in [-0.2, 0) is 4.84 Å². The van der Waals surface area contributed by atoms with E-state index in [2.05, 4.69) is 10.3 Å². The Balaban J connectivity index is 2.37. The minimum atomic E-state index is 0.237. The van der Waals surface area contributed by atoms with Crippen molar-refractivity contribution in [2.24, 2.45) is 10.3 Å². The van der Waals surface area contributed by atoms with Gasteiger partial charge in [-0.25, -0.2) is 0 Å². The Hall–Kier alpha value is -1.84. The lowest BCUT2D eigenvalue weighted by molar-refractivity contribution is 0.194. The Bertz CT molecular complexity index is 357. The molecule has 66 valence electrons. The lowest BCUT2D eigenvalue weighted by Crippen LogP contribution is -2.13. The second-order valence-corrected chi connectivity index (χ2v) is 2.63. The summed E-state index contributed by atoms with van der Waals surface area (Å²) in [6.07, 6.45) is 0. The van der Waals surface area contributed by atoms with E-state index in [0.717, 1.165) is 5.56 Å². The van der Waals surface area contributed by atoms with Crippen LogP contribution >= 0.6 is 0 Å². The van der Waals surface area contributed by atoms with Crippen molar-refractivity contribution in [3.8, 4) is 0 Å². The van der Waals surface area contributed by atoms with Crippen LogP contribution in [-0.4, -0.2) is 23.2 Å². The number of rotatable bonds is 1. The standard InChI is InChI=1S/C9H8N2O2/c12-10-8-6-13-11-9(8)7-4-2-1-3-5-7/h1-5,12H,6H2/b10-8+. The van der Waals surface area contributed by atoms with Gasteiger partial charge in [-0.2, -0.15) is 0 Å². The van der Waals surface area contributed by atoms with Crippen molar-refractivity contribution in [3.05, 3.63) is 35.9 Å². The third-order valence-corrected chi connectivity index (χ3v) is 1.80. The highest BCUT2D eigenvalue weighted by atomic mass is 16.6. The lowest BCUT2D eigenvalue weighted by atomic mass is 10.1. The van der Waals surface area contributed by atoms with Crippen LogP contribution in [0.25, 0.3) is 0 Å². The number of oxime groups is 2. The highest BCUT2D eigenvalue weighted by molar-refractivity contribution is 6.49. The number of hydrogen-bond acceptors (Lipinski definition) is 4. The maximum Gasteiger partial charge on any atom is 0.164 e. The van der Waals surface area contributed by atoms with Crippen molar-refractivity contribution in [1.29, 1.82) is 0 Å². The van der Waals surface area contributed by atoms with E-state index in [-0.39, 0.29) is 6.61 Å². The van der Waals surface area contributed by atoms with Crippen molar-refractivity contribution < 1.29 is 10.0 Å². The Morgan fingerprint density at radius 1 is 1.31 bits per heavy atom. The van der Waals surface area contributed by atoms with Gasteiger partial charge in [0.2, 0.25) is 0 Å². The smallest absolute Gasteiger partial charge is 0.164 e. The summed E-state index contributed by atoms with van der Waals surface area (Å²) in [6.45, 7) is 0.237. The molecule has 0 aliphatic carbocycles. The van der Waals surface area contributed by atoms with Crippen LogP contribution < -0.4 is 0 Å². The molecule has 0 unspecified atom stereocenters. The summed E-state index contributed by atoms with van der Waals surface area (Å²) in [7, 11) is 0. The molecule has 1 heterocycles. The molecule has 0 fully saturated rings. The quantitative estimate of drug-likeness (QED) is 0.517. The largest absolute Gasteiger partial charge is 0.410 e. The van der Waals surface area contributed by atoms with Gasteiger partial charge in [0.15, 0.2) is 6.61 Å². The maximum atomic E-state index is 8.62. The first-order valence-corrected chi connectivity index (χ1v) is 3.88. The second-order valence-electron chi connectivity index (χ2n) is 2.63. The van der Waals surface area contributed by atoms with Gasteiger partial charge < -0.3 is 10.0 Å². The number of nitrogens with zero attached hydrogens (tertiary/aromatic N) is 2. The van der Waals surface area contributed by atoms with Gasteiger partial charge in [0.25, 0.3) is 0 Å². The molecule has 0 saturated heterocycles. The molecular weight excluding hydrogens is 168 g/mol. The fourth-order valence-electron chi connectivity index (χ4n) is 1.17. The number of benzene rings is 1. The van der Waals surface area contributed by atoms with E-state index in [1.165, 1.54) is 0 Å². The molecule has 1 N–H and O–H groups in total. The first kappa shape index (κ1) is 7.79. The van der Waals surface area contributed by atoms with Crippen LogP contribution in [0.5, 0.6) is 0 Å². The second kappa shape index (κ2) is 3.26. The molecule has 0 aromatic heterocycles. The highest BCUT2D eigenvalue weighted by Gasteiger charge is 2.19. The molecule has 1 aromatic carbocycles. The molecule has 1 aliphatic heterocycles. The maximum absolute atomic E-state index is 8.62. The van der Waals surface area contributed by atoms with E-state index in [1.807, 2.05) is 30.3 Å². The van der Waals surface area contributed by atoms with E-state index in [9.17, 15) is 0 Å². The van der Waals surface area contributed by atoms with Gasteiger partial charge in [-0.1, -0.05) is 40.6 Å². The Morgan fingerprint density at radius 3 is 2.77 bits per heavy atom. The molecule has 0 bridgehead atoms. The number of hydrogen-bond donors (Lipinski definition) is 1. The van der Waals surface area contributed by atoms with Crippen molar-refractivity contribution in [1.82, 2.24) is 0 Å². The van der Waals surface area contributed by atoms with E-state index < -0.39 is 0 Å². The van der Waals surface area contributed by atoms with Gasteiger partial charge in [-0.05, 0) is 0 Å². The van der Waals surface area contributed by atoms with Gasteiger partial charge in [0.1, 0.15) is 11.4 Å². The molecule has 0 spiro atoms. The Kier molecular flexibility index (Phi) is 1.96. The topological polar surface area (TPSA) is 54.2 Å². The molecule has 13 heavy (non-hydrogen) atoms. The third kappa shape index (κ3) is 1.38. The zero-order valence-electron chi connectivity index (χ0n) is 6.84. The first-order valence-electron chi connectivity index (χ1n) is 3.88. The van der Waals surface area contributed by atoms with Crippen LogP contribution in [0.15, 0.2) is 40.6 Å². The fraction of sp³-hybridized carbons (Fsp3) is 0.111. The summed E-state index contributed by atoms with van der Waals surface area (Å²) in [4.78, 5) is 4.81. The summed E-state index contributed by atoms with van der Waals surface area (Å²) < 4.78 is 0. The predicted octanol–water partition coefficient (Wildman–Crippen LogP) is 1.25. The van der Waals surface area contributed by atoms with Crippen LogP contribution in [0.4, 0.5) is 0 Å². The van der Waals surface area contributed by atoms with Gasteiger partial charge in [0.05, 0.1) is 0 Å². The summed E-state index contributed by atoms with van der Waals surface area (Å²) in [5.74, 6) is 0. The zero-order chi connectivity index (χ0) is 9.10. The minimum Gasteiger partial charge on any atom is -0.410 e. The molecule has 0 saturated carbocycles. The third-order valence-electron chi connectivity index (χ3n) is 1.80. The van der Waals surface area contributed by atoms with E-state index in [4.69, 9.17) is 10.0 Å². The van der Waals surface area contributed by atoms with E-state index >= 15 is 0 Å². The predicted molar refractivity (Wildman–Crippen MR) is 48.2 cm³/mol. The van der Waals surface area contributed by atoms with Crippen molar-refractivity contribution in [2.45, 2.75) is 0 Å². The van der Waals surface area contributed by atoms with Gasteiger partial charge in [-0.3, -0.25) is 0 Å². The molecule has 4 nitrogen and oxygen atoms in total. The summed E-state index contributed by atoms with van der Waals surface area (Å²) in [5, 5.41) is 15.5. The fourth-order valence-corrected chi connectivity index (χ4v) is 1.17. The molecule has 0 atom stereocenters. The van der Waals surface area contributed by atoms with Gasteiger partial charge in [0, 0.05) is 5.56 Å². The van der Waals surface area contributed by atoms with Crippen LogP contribution in [0.1, 0.15) is 5.56 Å². The average molecular weight is 176 g/mol. The van der Waals surface area contributed by atoms with Gasteiger partial charge in [-0.15, -0.1) is 0 Å².